The topological polar surface area (TPSA) is 56.7 Å². The summed E-state index contributed by atoms with van der Waals surface area (Å²) >= 11 is 1.66. The Kier molecular flexibility index (Phi) is 4.69. The summed E-state index contributed by atoms with van der Waals surface area (Å²) in [6, 6.07) is 10.3. The largest absolute Gasteiger partial charge is 0.386 e. The van der Waals surface area contributed by atoms with Gasteiger partial charge in [-0.1, -0.05) is 24.6 Å². The first-order valence-electron chi connectivity index (χ1n) is 9.31. The second-order valence-corrected chi connectivity index (χ2v) is 8.61. The number of benzene rings is 1. The highest BCUT2D eigenvalue weighted by molar-refractivity contribution is 7.19. The first kappa shape index (κ1) is 16.9. The van der Waals surface area contributed by atoms with E-state index in [1.807, 2.05) is 12.1 Å². The molecule has 134 valence electrons. The fourth-order valence-electron chi connectivity index (χ4n) is 4.00. The third kappa shape index (κ3) is 3.53. The molecule has 0 aliphatic heterocycles. The number of hydrogen-bond donors (Lipinski definition) is 3. The number of aliphatic hydroxyl groups excluding tert-OH is 1. The number of rotatable bonds is 6. The normalized spacial score (nSPS) is 21.0. The molecule has 0 bridgehead atoms. The van der Waals surface area contributed by atoms with Crippen molar-refractivity contribution in [3.05, 3.63) is 35.2 Å². The van der Waals surface area contributed by atoms with Crippen LogP contribution in [0.4, 0.5) is 0 Å². The van der Waals surface area contributed by atoms with Crippen molar-refractivity contribution in [1.29, 1.82) is 0 Å². The fourth-order valence-corrected chi connectivity index (χ4v) is 5.05. The molecule has 1 unspecified atom stereocenters. The summed E-state index contributed by atoms with van der Waals surface area (Å²) in [6.07, 6.45) is 6.36. The number of thiophene rings is 1. The summed E-state index contributed by atoms with van der Waals surface area (Å²) < 4.78 is 1.22. The highest BCUT2D eigenvalue weighted by Crippen LogP contribution is 2.56. The van der Waals surface area contributed by atoms with Crippen LogP contribution in [0.2, 0.25) is 0 Å². The Labute approximate surface area is 153 Å². The molecule has 1 atom stereocenters. The summed E-state index contributed by atoms with van der Waals surface area (Å²) in [5.41, 5.74) is 0.516. The quantitative estimate of drug-likeness (QED) is 0.546. The van der Waals surface area contributed by atoms with Crippen LogP contribution in [0, 0.1) is 11.3 Å². The summed E-state index contributed by atoms with van der Waals surface area (Å²) in [5, 5.41) is 18.5. The molecule has 0 saturated heterocycles. The second kappa shape index (κ2) is 6.96. The highest BCUT2D eigenvalue weighted by Gasteiger charge is 2.48. The zero-order chi connectivity index (χ0) is 17.3. The van der Waals surface area contributed by atoms with Gasteiger partial charge >= 0.3 is 0 Å². The highest BCUT2D eigenvalue weighted by atomic mass is 32.1. The van der Waals surface area contributed by atoms with Crippen LogP contribution in [0.5, 0.6) is 0 Å². The van der Waals surface area contributed by atoms with Crippen molar-refractivity contribution < 1.29 is 5.11 Å². The first-order valence-corrected chi connectivity index (χ1v) is 10.1. The van der Waals surface area contributed by atoms with Crippen LogP contribution in [0.25, 0.3) is 10.1 Å². The van der Waals surface area contributed by atoms with Gasteiger partial charge in [0.2, 0.25) is 0 Å². The maximum absolute atomic E-state index is 10.5. The van der Waals surface area contributed by atoms with E-state index in [2.05, 4.69) is 33.8 Å². The van der Waals surface area contributed by atoms with Gasteiger partial charge in [0.1, 0.15) is 6.10 Å². The van der Waals surface area contributed by atoms with Crippen molar-refractivity contribution in [3.8, 4) is 0 Å². The van der Waals surface area contributed by atoms with Gasteiger partial charge in [-0.3, -0.25) is 4.99 Å². The average Bonchev–Trinajstić information content (AvgIpc) is 3.34. The summed E-state index contributed by atoms with van der Waals surface area (Å²) in [6.45, 7) is 1.49. The van der Waals surface area contributed by atoms with Crippen LogP contribution >= 0.6 is 11.3 Å². The predicted molar refractivity (Wildman–Crippen MR) is 105 cm³/mol. The molecule has 2 aliphatic carbocycles. The van der Waals surface area contributed by atoms with E-state index >= 15 is 0 Å². The molecule has 0 amide bonds. The number of guanidine groups is 1. The Morgan fingerprint density at radius 3 is 2.76 bits per heavy atom. The Bertz CT molecular complexity index is 728. The van der Waals surface area contributed by atoms with E-state index in [0.29, 0.717) is 12.0 Å². The molecule has 1 aromatic heterocycles. The molecule has 1 heterocycles. The lowest BCUT2D eigenvalue weighted by Crippen LogP contribution is -2.48. The van der Waals surface area contributed by atoms with E-state index in [9.17, 15) is 5.11 Å². The number of aliphatic imine (C=N–C) groups is 1. The Morgan fingerprint density at radius 2 is 2.12 bits per heavy atom. The van der Waals surface area contributed by atoms with Crippen molar-refractivity contribution in [2.24, 2.45) is 16.3 Å². The first-order chi connectivity index (χ1) is 12.2. The standard InChI is InChI=1S/C20H27N3OS/c1-21-19(23-13-20(9-4-10-20)15-7-8-15)22-12-16(24)18-11-14-5-2-3-6-17(14)25-18/h2-3,5-6,11,15-16,24H,4,7-10,12-13H2,1H3,(H2,21,22,23). The maximum atomic E-state index is 10.5. The van der Waals surface area contributed by atoms with Crippen LogP contribution < -0.4 is 10.6 Å². The van der Waals surface area contributed by atoms with E-state index in [0.717, 1.165) is 23.3 Å². The van der Waals surface area contributed by atoms with Crippen LogP contribution in [0.15, 0.2) is 35.3 Å². The smallest absolute Gasteiger partial charge is 0.191 e. The summed E-state index contributed by atoms with van der Waals surface area (Å²) in [4.78, 5) is 5.32. The molecule has 0 spiro atoms. The minimum absolute atomic E-state index is 0.475. The van der Waals surface area contributed by atoms with Crippen LogP contribution in [0.3, 0.4) is 0 Å². The lowest BCUT2D eigenvalue weighted by molar-refractivity contribution is 0.105. The van der Waals surface area contributed by atoms with Crippen molar-refractivity contribution in [3.63, 3.8) is 0 Å². The maximum Gasteiger partial charge on any atom is 0.191 e. The average molecular weight is 358 g/mol. The molecule has 2 aliphatic rings. The molecule has 4 nitrogen and oxygen atoms in total. The molecule has 2 saturated carbocycles. The van der Waals surface area contributed by atoms with Gasteiger partial charge in [-0.05, 0) is 54.5 Å². The molecule has 2 fully saturated rings. The van der Waals surface area contributed by atoms with Gasteiger partial charge in [-0.2, -0.15) is 0 Å². The van der Waals surface area contributed by atoms with Crippen molar-refractivity contribution >= 4 is 27.4 Å². The summed E-state index contributed by atoms with van der Waals surface area (Å²) in [7, 11) is 1.80. The SMILES string of the molecule is CN=C(NCC(O)c1cc2ccccc2s1)NCC1(C2CC2)CCC1. The van der Waals surface area contributed by atoms with Crippen LogP contribution in [-0.2, 0) is 0 Å². The van der Waals surface area contributed by atoms with Gasteiger partial charge in [-0.25, -0.2) is 0 Å². The number of fused-ring (bicyclic) bond motifs is 1. The molecule has 3 N–H and O–H groups in total. The van der Waals surface area contributed by atoms with Gasteiger partial charge < -0.3 is 15.7 Å². The lowest BCUT2D eigenvalue weighted by Gasteiger charge is -2.43. The van der Waals surface area contributed by atoms with Gasteiger partial charge in [0.05, 0.1) is 0 Å². The Balaban J connectivity index is 1.31. The van der Waals surface area contributed by atoms with Crippen LogP contribution in [0.1, 0.15) is 43.1 Å². The zero-order valence-corrected chi connectivity index (χ0v) is 15.6. The van der Waals surface area contributed by atoms with Crippen molar-refractivity contribution in [1.82, 2.24) is 10.6 Å². The van der Waals surface area contributed by atoms with E-state index in [1.165, 1.54) is 42.2 Å². The van der Waals surface area contributed by atoms with Gasteiger partial charge in [0.15, 0.2) is 5.96 Å². The fraction of sp³-hybridized carbons (Fsp3) is 0.550. The number of nitrogens with one attached hydrogen (secondary N) is 2. The molecule has 1 aromatic carbocycles. The molecule has 0 radical (unpaired) electrons. The minimum atomic E-state index is -0.517. The number of hydrogen-bond acceptors (Lipinski definition) is 3. The third-order valence-electron chi connectivity index (χ3n) is 5.86. The van der Waals surface area contributed by atoms with Gasteiger partial charge in [-0.15, -0.1) is 11.3 Å². The second-order valence-electron chi connectivity index (χ2n) is 7.50. The minimum Gasteiger partial charge on any atom is -0.386 e. The zero-order valence-electron chi connectivity index (χ0n) is 14.8. The van der Waals surface area contributed by atoms with E-state index in [-0.39, 0.29) is 0 Å². The van der Waals surface area contributed by atoms with Crippen molar-refractivity contribution in [2.75, 3.05) is 20.1 Å². The Hall–Kier alpha value is -1.59. The lowest BCUT2D eigenvalue weighted by atomic mass is 9.65. The molecular weight excluding hydrogens is 330 g/mol. The van der Waals surface area contributed by atoms with E-state index < -0.39 is 6.10 Å². The van der Waals surface area contributed by atoms with Crippen LogP contribution in [-0.4, -0.2) is 31.2 Å². The summed E-state index contributed by atoms with van der Waals surface area (Å²) in [5.74, 6) is 1.73. The molecule has 2 aromatic rings. The van der Waals surface area contributed by atoms with E-state index in [1.54, 1.807) is 18.4 Å². The molecule has 25 heavy (non-hydrogen) atoms. The third-order valence-corrected chi connectivity index (χ3v) is 7.08. The number of nitrogens with zero attached hydrogens (tertiary/aromatic N) is 1. The Morgan fingerprint density at radius 1 is 1.32 bits per heavy atom. The van der Waals surface area contributed by atoms with E-state index in [4.69, 9.17) is 0 Å². The molecule has 4 rings (SSSR count). The van der Waals surface area contributed by atoms with Gasteiger partial charge in [0.25, 0.3) is 0 Å². The molecular formula is C20H27N3OS. The predicted octanol–water partition coefficient (Wildman–Crippen LogP) is 3.68. The molecule has 5 heteroatoms. The van der Waals surface area contributed by atoms with Crippen molar-refractivity contribution in [2.45, 2.75) is 38.2 Å². The van der Waals surface area contributed by atoms with Gasteiger partial charge in [0, 0.05) is 29.7 Å². The monoisotopic (exact) mass is 357 g/mol. The number of aliphatic hydroxyl groups is 1.